The van der Waals surface area contributed by atoms with Crippen LogP contribution in [0.3, 0.4) is 0 Å². The smallest absolute Gasteiger partial charge is 0.335 e. The second-order valence-electron chi connectivity index (χ2n) is 5.67. The van der Waals surface area contributed by atoms with E-state index in [1.165, 1.54) is 0 Å². The van der Waals surface area contributed by atoms with Crippen LogP contribution in [-0.2, 0) is 14.3 Å². The standard InChI is InChI=1S/C23H36O3/c1-4-7-8-9-10-11-12-13-14-15-16-17-18-19-20-21-22(25-5-2)23(24)26-6-3/h4,7,9-10,12-13,15-16,18-19,22H,5-6,8,11,14,17,20-21H2,1-3H3/b7-4-,10-9-,13-12-,16-15-,19-18-. The highest BCUT2D eigenvalue weighted by atomic mass is 16.6. The monoisotopic (exact) mass is 360 g/mol. The first kappa shape index (κ1) is 24.1. The van der Waals surface area contributed by atoms with Crippen LogP contribution < -0.4 is 0 Å². The van der Waals surface area contributed by atoms with Gasteiger partial charge in [0, 0.05) is 6.61 Å². The number of esters is 1. The SMILES string of the molecule is C/C=C\C/C=C\C/C=C\C/C=C\C/C=C\CCC(OCC)C(=O)OCC. The molecule has 0 aromatic rings. The number of hydrogen-bond acceptors (Lipinski definition) is 3. The average molecular weight is 361 g/mol. The van der Waals surface area contributed by atoms with Gasteiger partial charge in [-0.3, -0.25) is 0 Å². The van der Waals surface area contributed by atoms with Crippen LogP contribution in [0.1, 0.15) is 59.3 Å². The fourth-order valence-corrected chi connectivity index (χ4v) is 2.19. The third-order valence-corrected chi connectivity index (χ3v) is 3.50. The zero-order valence-electron chi connectivity index (χ0n) is 16.7. The van der Waals surface area contributed by atoms with Gasteiger partial charge in [0.15, 0.2) is 6.10 Å². The van der Waals surface area contributed by atoms with Crippen molar-refractivity contribution >= 4 is 5.97 Å². The Bertz CT molecular complexity index is 470. The van der Waals surface area contributed by atoms with E-state index in [0.29, 0.717) is 19.6 Å². The molecule has 1 atom stereocenters. The van der Waals surface area contributed by atoms with E-state index >= 15 is 0 Å². The predicted octanol–water partition coefficient (Wildman–Crippen LogP) is 6.10. The Morgan fingerprint density at radius 1 is 0.769 bits per heavy atom. The topological polar surface area (TPSA) is 35.5 Å². The normalized spacial score (nSPS) is 13.8. The van der Waals surface area contributed by atoms with Gasteiger partial charge in [0.05, 0.1) is 6.61 Å². The molecule has 0 aliphatic carbocycles. The van der Waals surface area contributed by atoms with Gasteiger partial charge in [0.25, 0.3) is 0 Å². The molecule has 0 saturated heterocycles. The molecule has 0 aliphatic heterocycles. The number of ether oxygens (including phenoxy) is 2. The van der Waals surface area contributed by atoms with E-state index in [1.54, 1.807) is 0 Å². The minimum Gasteiger partial charge on any atom is -0.464 e. The van der Waals surface area contributed by atoms with E-state index in [9.17, 15) is 4.79 Å². The fraction of sp³-hybridized carbons (Fsp3) is 0.522. The van der Waals surface area contributed by atoms with Crippen molar-refractivity contribution < 1.29 is 14.3 Å². The molecule has 26 heavy (non-hydrogen) atoms. The van der Waals surface area contributed by atoms with E-state index in [4.69, 9.17) is 9.47 Å². The summed E-state index contributed by atoms with van der Waals surface area (Å²) in [4.78, 5) is 11.7. The van der Waals surface area contributed by atoms with Crippen LogP contribution >= 0.6 is 0 Å². The van der Waals surface area contributed by atoms with Crippen LogP contribution in [0.15, 0.2) is 60.8 Å². The molecule has 0 radical (unpaired) electrons. The largest absolute Gasteiger partial charge is 0.464 e. The van der Waals surface area contributed by atoms with Gasteiger partial charge in [-0.1, -0.05) is 60.8 Å². The van der Waals surface area contributed by atoms with Crippen molar-refractivity contribution in [1.82, 2.24) is 0 Å². The number of rotatable bonds is 15. The van der Waals surface area contributed by atoms with Gasteiger partial charge in [-0.05, 0) is 59.3 Å². The van der Waals surface area contributed by atoms with Crippen molar-refractivity contribution in [3.05, 3.63) is 60.8 Å². The molecule has 0 rings (SSSR count). The summed E-state index contributed by atoms with van der Waals surface area (Å²) < 4.78 is 10.5. The van der Waals surface area contributed by atoms with Gasteiger partial charge in [0.1, 0.15) is 0 Å². The molecular formula is C23H36O3. The second kappa shape index (κ2) is 19.5. The summed E-state index contributed by atoms with van der Waals surface area (Å²) in [5.41, 5.74) is 0. The maximum atomic E-state index is 11.7. The third kappa shape index (κ3) is 15.6. The summed E-state index contributed by atoms with van der Waals surface area (Å²) in [6.45, 7) is 6.65. The first-order valence-electron chi connectivity index (χ1n) is 9.75. The number of hydrogen-bond donors (Lipinski definition) is 0. The summed E-state index contributed by atoms with van der Waals surface area (Å²) in [5, 5.41) is 0. The first-order valence-corrected chi connectivity index (χ1v) is 9.75. The molecule has 0 bridgehead atoms. The predicted molar refractivity (Wildman–Crippen MR) is 111 cm³/mol. The lowest BCUT2D eigenvalue weighted by atomic mass is 10.2. The molecule has 0 amide bonds. The van der Waals surface area contributed by atoms with Crippen molar-refractivity contribution in [2.24, 2.45) is 0 Å². The Balaban J connectivity index is 3.79. The zero-order valence-corrected chi connectivity index (χ0v) is 16.7. The van der Waals surface area contributed by atoms with Crippen molar-refractivity contribution in [2.45, 2.75) is 65.4 Å². The quantitative estimate of drug-likeness (QED) is 0.262. The van der Waals surface area contributed by atoms with E-state index in [2.05, 4.69) is 60.8 Å². The maximum absolute atomic E-state index is 11.7. The minimum absolute atomic E-state index is 0.258. The van der Waals surface area contributed by atoms with Gasteiger partial charge in [-0.15, -0.1) is 0 Å². The third-order valence-electron chi connectivity index (χ3n) is 3.50. The Morgan fingerprint density at radius 2 is 1.27 bits per heavy atom. The number of carbonyl (C=O) groups excluding carboxylic acids is 1. The van der Waals surface area contributed by atoms with Crippen LogP contribution in [0.5, 0.6) is 0 Å². The summed E-state index contributed by atoms with van der Waals surface area (Å²) >= 11 is 0. The highest BCUT2D eigenvalue weighted by Crippen LogP contribution is 2.06. The summed E-state index contributed by atoms with van der Waals surface area (Å²) in [6.07, 6.45) is 26.4. The van der Waals surface area contributed by atoms with Crippen molar-refractivity contribution in [1.29, 1.82) is 0 Å². The summed E-state index contributed by atoms with van der Waals surface area (Å²) in [6, 6.07) is 0. The van der Waals surface area contributed by atoms with E-state index in [0.717, 1.165) is 32.1 Å². The van der Waals surface area contributed by atoms with E-state index in [-0.39, 0.29) is 5.97 Å². The molecule has 0 aromatic heterocycles. The van der Waals surface area contributed by atoms with E-state index in [1.807, 2.05) is 20.8 Å². The second-order valence-corrected chi connectivity index (χ2v) is 5.67. The minimum atomic E-state index is -0.447. The van der Waals surface area contributed by atoms with Crippen molar-refractivity contribution in [2.75, 3.05) is 13.2 Å². The molecule has 0 saturated carbocycles. The highest BCUT2D eigenvalue weighted by Gasteiger charge is 2.18. The van der Waals surface area contributed by atoms with E-state index < -0.39 is 6.10 Å². The molecule has 1 unspecified atom stereocenters. The van der Waals surface area contributed by atoms with Crippen LogP contribution in [0.2, 0.25) is 0 Å². The molecule has 146 valence electrons. The number of carbonyl (C=O) groups is 1. The molecule has 0 N–H and O–H groups in total. The molecule has 0 spiro atoms. The van der Waals surface area contributed by atoms with Crippen molar-refractivity contribution in [3.63, 3.8) is 0 Å². The Morgan fingerprint density at radius 3 is 1.73 bits per heavy atom. The fourth-order valence-electron chi connectivity index (χ4n) is 2.19. The van der Waals surface area contributed by atoms with Crippen LogP contribution in [0.4, 0.5) is 0 Å². The summed E-state index contributed by atoms with van der Waals surface area (Å²) in [5.74, 6) is -0.258. The maximum Gasteiger partial charge on any atom is 0.335 e. The molecule has 0 aromatic carbocycles. The number of allylic oxidation sites excluding steroid dienone is 10. The van der Waals surface area contributed by atoms with Crippen LogP contribution in [0.25, 0.3) is 0 Å². The van der Waals surface area contributed by atoms with Crippen LogP contribution in [0, 0.1) is 0 Å². The molecule has 0 heterocycles. The average Bonchev–Trinajstić information content (AvgIpc) is 2.64. The van der Waals surface area contributed by atoms with Gasteiger partial charge in [-0.25, -0.2) is 4.79 Å². The lowest BCUT2D eigenvalue weighted by molar-refractivity contribution is -0.156. The molecule has 0 aliphatic rings. The van der Waals surface area contributed by atoms with Crippen molar-refractivity contribution in [3.8, 4) is 0 Å². The lowest BCUT2D eigenvalue weighted by Crippen LogP contribution is -2.26. The van der Waals surface area contributed by atoms with Gasteiger partial charge < -0.3 is 9.47 Å². The Labute approximate surface area is 160 Å². The highest BCUT2D eigenvalue weighted by molar-refractivity contribution is 5.74. The van der Waals surface area contributed by atoms with Gasteiger partial charge in [-0.2, -0.15) is 0 Å². The zero-order chi connectivity index (χ0) is 19.3. The Hall–Kier alpha value is -1.87. The van der Waals surface area contributed by atoms with Crippen LogP contribution in [-0.4, -0.2) is 25.3 Å². The first-order chi connectivity index (χ1) is 12.8. The van der Waals surface area contributed by atoms with Gasteiger partial charge >= 0.3 is 5.97 Å². The Kier molecular flexibility index (Phi) is 18.1. The molecule has 3 heteroatoms. The molecule has 3 nitrogen and oxygen atoms in total. The summed E-state index contributed by atoms with van der Waals surface area (Å²) in [7, 11) is 0. The lowest BCUT2D eigenvalue weighted by Gasteiger charge is -2.14. The molecular weight excluding hydrogens is 324 g/mol. The molecule has 0 fully saturated rings. The van der Waals surface area contributed by atoms with Gasteiger partial charge in [0.2, 0.25) is 0 Å².